The molecule has 0 aromatic heterocycles. The topological polar surface area (TPSA) is 0 Å². The average molecular weight is 474 g/mol. The largest absolute Gasteiger partial charge is 0 e. The predicted octanol–water partition coefficient (Wildman–Crippen LogP) is -4.35. The van der Waals surface area contributed by atoms with Crippen molar-refractivity contribution in [2.24, 2.45) is 0 Å². The molecule has 0 aromatic carbocycles. The third-order valence-electron chi connectivity index (χ3n) is 0. The molecular formula is H12Ge3Pu. The predicted molar refractivity (Wildman–Crippen MR) is 34.0 cm³/mol. The molecule has 0 rings (SSSR count). The van der Waals surface area contributed by atoms with Gasteiger partial charge in [0.2, 0.25) is 0 Å². The van der Waals surface area contributed by atoms with Gasteiger partial charge in [0.1, 0.15) is 0 Å². The summed E-state index contributed by atoms with van der Waals surface area (Å²) in [5.41, 5.74) is 0. The molecule has 0 saturated carbocycles. The molecule has 4 heavy (non-hydrogen) atoms. The van der Waals surface area contributed by atoms with Gasteiger partial charge in [0, 0.05) is 29.2 Å². The van der Waals surface area contributed by atoms with Gasteiger partial charge >= 0.3 is 52.8 Å². The molecule has 0 nitrogen and oxygen atoms in total. The van der Waals surface area contributed by atoms with Crippen LogP contribution in [0.5, 0.6) is 0 Å². The van der Waals surface area contributed by atoms with Crippen LogP contribution in [0.1, 0.15) is 0 Å². The second-order valence-electron chi connectivity index (χ2n) is 0. The normalized spacial score (nSPS) is 0. The summed E-state index contributed by atoms with van der Waals surface area (Å²) in [6, 6.07) is 0. The molecule has 0 atom stereocenters. The molecule has 0 fully saturated rings. The average Bonchev–Trinajstić information content (AvgIpc) is 0. The summed E-state index contributed by atoms with van der Waals surface area (Å²) in [6.45, 7) is 0. The Hall–Kier alpha value is 2.62. The summed E-state index contributed by atoms with van der Waals surface area (Å²) in [7, 11) is 0. The van der Waals surface area contributed by atoms with Crippen LogP contribution in [0.25, 0.3) is 0 Å². The van der Waals surface area contributed by atoms with E-state index in [2.05, 4.69) is 0 Å². The van der Waals surface area contributed by atoms with Crippen molar-refractivity contribution < 1.29 is 29.2 Å². The maximum atomic E-state index is 0. The van der Waals surface area contributed by atoms with Crippen LogP contribution < -0.4 is 0 Å². The first-order chi connectivity index (χ1) is 0. The molecule has 0 saturated heterocycles. The standard InChI is InChI=1S/3GeH4.Pu/h3*1H4;. The Balaban J connectivity index is 0. The second kappa shape index (κ2) is 17.5. The zero-order valence-electron chi connectivity index (χ0n) is 0.408. The maximum Gasteiger partial charge on any atom is 0 e. The first kappa shape index (κ1) is 30.5. The number of hydrogen-bond acceptors (Lipinski definition) is 0. The van der Waals surface area contributed by atoms with Gasteiger partial charge in [-0.3, -0.25) is 0 Å². The van der Waals surface area contributed by atoms with Gasteiger partial charge in [-0.25, -0.2) is 0 Å². The van der Waals surface area contributed by atoms with Gasteiger partial charge < -0.3 is 0 Å². The van der Waals surface area contributed by atoms with Crippen LogP contribution in [-0.2, 0) is 0 Å². The van der Waals surface area contributed by atoms with Crippen molar-refractivity contribution in [3.8, 4) is 0 Å². The van der Waals surface area contributed by atoms with Gasteiger partial charge in [0.25, 0.3) is 0 Å². The Kier molecular flexibility index (Phi) is 133. The summed E-state index contributed by atoms with van der Waals surface area (Å²) < 4.78 is 0. The van der Waals surface area contributed by atoms with Gasteiger partial charge in [-0.05, 0) is 0 Å². The fraction of sp³-hybridized carbons (Fsp3) is 0. The first-order valence-corrected chi connectivity index (χ1v) is 0. The van der Waals surface area contributed by atoms with Crippen molar-refractivity contribution in [1.29, 1.82) is 0 Å². The van der Waals surface area contributed by atoms with E-state index in [-0.39, 0.29) is 82.0 Å². The molecule has 4 heteroatoms. The van der Waals surface area contributed by atoms with Crippen LogP contribution in [0.2, 0.25) is 0 Å². The van der Waals surface area contributed by atoms with Crippen molar-refractivity contribution in [3.05, 3.63) is 0 Å². The SMILES string of the molecule is [GeH4].[GeH4].[GeH4].[Pu]. The molecule has 0 heterocycles. The Morgan fingerprint density at radius 3 is 0.500 bits per heavy atom. The van der Waals surface area contributed by atoms with E-state index in [1.807, 2.05) is 0 Å². The van der Waals surface area contributed by atoms with Gasteiger partial charge in [-0.15, -0.1) is 0 Å². The third-order valence-corrected chi connectivity index (χ3v) is 0. The monoisotopic (exact) mass is 472 g/mol. The molecule has 30 valence electrons. The summed E-state index contributed by atoms with van der Waals surface area (Å²) in [5, 5.41) is 0. The summed E-state index contributed by atoms with van der Waals surface area (Å²) in [6.07, 6.45) is 0. The van der Waals surface area contributed by atoms with Crippen LogP contribution in [0.15, 0.2) is 0 Å². The van der Waals surface area contributed by atoms with E-state index in [1.165, 1.54) is 0 Å². The minimum absolute atomic E-state index is 0. The fourth-order valence-corrected chi connectivity index (χ4v) is 0. The Morgan fingerprint density at radius 1 is 0.500 bits per heavy atom. The summed E-state index contributed by atoms with van der Waals surface area (Å²) >= 11 is 0. The van der Waals surface area contributed by atoms with E-state index in [1.54, 1.807) is 0 Å². The van der Waals surface area contributed by atoms with Crippen LogP contribution in [0.3, 0.4) is 0 Å². The van der Waals surface area contributed by atoms with Crippen molar-refractivity contribution >= 4 is 52.8 Å². The van der Waals surface area contributed by atoms with E-state index in [0.717, 1.165) is 0 Å². The molecule has 0 aliphatic carbocycles. The maximum absolute atomic E-state index is 0. The molecule has 0 N–H and O–H groups in total. The molecule has 0 amide bonds. The van der Waals surface area contributed by atoms with E-state index in [4.69, 9.17) is 0 Å². The zero-order valence-corrected chi connectivity index (χ0v) is 3.81. The third kappa shape index (κ3) is 8.82. The van der Waals surface area contributed by atoms with Gasteiger partial charge in [0.15, 0.2) is 0 Å². The molecule has 0 spiro atoms. The minimum Gasteiger partial charge on any atom is 0 e. The van der Waals surface area contributed by atoms with Crippen molar-refractivity contribution in [2.45, 2.75) is 0 Å². The van der Waals surface area contributed by atoms with E-state index in [0.29, 0.717) is 0 Å². The quantitative estimate of drug-likeness (QED) is 0.312. The van der Waals surface area contributed by atoms with E-state index < -0.39 is 0 Å². The van der Waals surface area contributed by atoms with E-state index >= 15 is 0 Å². The van der Waals surface area contributed by atoms with Crippen LogP contribution in [-0.4, -0.2) is 52.8 Å². The van der Waals surface area contributed by atoms with E-state index in [9.17, 15) is 0 Å². The second-order valence-corrected chi connectivity index (χ2v) is 0. The number of hydrogen-bond donors (Lipinski definition) is 0. The summed E-state index contributed by atoms with van der Waals surface area (Å²) in [5.74, 6) is 0. The van der Waals surface area contributed by atoms with Crippen molar-refractivity contribution in [1.82, 2.24) is 0 Å². The zero-order chi connectivity index (χ0) is 0. The van der Waals surface area contributed by atoms with Crippen molar-refractivity contribution in [3.63, 3.8) is 0 Å². The number of rotatable bonds is 0. The van der Waals surface area contributed by atoms with Gasteiger partial charge in [0.05, 0.1) is 0 Å². The van der Waals surface area contributed by atoms with Crippen LogP contribution in [0.4, 0.5) is 0 Å². The van der Waals surface area contributed by atoms with Crippen LogP contribution >= 0.6 is 0 Å². The molecular weight excluding hydrogens is 462 g/mol. The Labute approximate surface area is 80.7 Å². The Morgan fingerprint density at radius 2 is 0.500 bits per heavy atom. The van der Waals surface area contributed by atoms with Crippen LogP contribution in [0, 0.1) is 29.2 Å². The molecule has 0 bridgehead atoms. The Bertz CT molecular complexity index is 3.25. The molecule has 0 radical (unpaired) electrons. The molecule has 0 unspecified atom stereocenters. The van der Waals surface area contributed by atoms with Gasteiger partial charge in [-0.1, -0.05) is 0 Å². The molecule has 0 aliphatic heterocycles. The van der Waals surface area contributed by atoms with Crippen molar-refractivity contribution in [2.75, 3.05) is 0 Å². The fourth-order valence-electron chi connectivity index (χ4n) is 0. The summed E-state index contributed by atoms with van der Waals surface area (Å²) in [4.78, 5) is 0. The smallest absolute Gasteiger partial charge is 0 e. The molecule has 0 aromatic rings. The minimum atomic E-state index is 0. The molecule has 0 aliphatic rings. The first-order valence-electron chi connectivity index (χ1n) is 0. The van der Waals surface area contributed by atoms with Gasteiger partial charge in [-0.2, -0.15) is 0 Å².